The van der Waals surface area contributed by atoms with E-state index in [0.717, 1.165) is 6.54 Å². The zero-order valence-electron chi connectivity index (χ0n) is 12.1. The van der Waals surface area contributed by atoms with Crippen LogP contribution in [0.2, 0.25) is 0 Å². The third-order valence-electron chi connectivity index (χ3n) is 3.92. The molecule has 0 atom stereocenters. The quantitative estimate of drug-likeness (QED) is 0.767. The molecule has 2 nitrogen and oxygen atoms in total. The van der Waals surface area contributed by atoms with Crippen LogP contribution in [0.1, 0.15) is 22.3 Å². The zero-order chi connectivity index (χ0) is 14.1. The molecule has 1 heterocycles. The number of hydrogen-bond donors (Lipinski definition) is 1. The van der Waals surface area contributed by atoms with Crippen LogP contribution in [0, 0.1) is 13.8 Å². The van der Waals surface area contributed by atoms with Crippen molar-refractivity contribution in [3.8, 4) is 0 Å². The molecule has 0 saturated heterocycles. The van der Waals surface area contributed by atoms with Gasteiger partial charge in [0.25, 0.3) is 0 Å². The third-order valence-corrected chi connectivity index (χ3v) is 3.92. The number of nitrogens with two attached hydrogens (primary N) is 1. The van der Waals surface area contributed by atoms with Crippen LogP contribution in [0.5, 0.6) is 0 Å². The van der Waals surface area contributed by atoms with Gasteiger partial charge in [0, 0.05) is 24.8 Å². The number of rotatable bonds is 3. The Morgan fingerprint density at radius 3 is 2.65 bits per heavy atom. The maximum atomic E-state index is 5.75. The predicted octanol–water partition coefficient (Wildman–Crippen LogP) is 3.77. The average Bonchev–Trinajstić information content (AvgIpc) is 2.85. The van der Waals surface area contributed by atoms with E-state index >= 15 is 0 Å². The molecule has 0 amide bonds. The minimum atomic E-state index is 0.588. The van der Waals surface area contributed by atoms with Gasteiger partial charge in [-0.2, -0.15) is 0 Å². The molecule has 1 aromatic heterocycles. The molecule has 0 aliphatic rings. The molecule has 102 valence electrons. The van der Waals surface area contributed by atoms with Gasteiger partial charge in [0.05, 0.1) is 0 Å². The number of nitrogens with zero attached hydrogens (tertiary/aromatic N) is 1. The summed E-state index contributed by atoms with van der Waals surface area (Å²) in [6.07, 6.45) is 2.16. The molecule has 3 aromatic rings. The van der Waals surface area contributed by atoms with E-state index in [1.807, 2.05) is 0 Å². The van der Waals surface area contributed by atoms with Gasteiger partial charge in [-0.1, -0.05) is 35.9 Å². The topological polar surface area (TPSA) is 30.9 Å². The van der Waals surface area contributed by atoms with E-state index in [1.165, 1.54) is 33.2 Å². The standard InChI is InChI=1S/C18H20N2/c1-13-3-4-14(2)17(9-13)12-20-8-7-16-6-5-15(11-19)10-18(16)20/h3-10H,11-12,19H2,1-2H3. The highest BCUT2D eigenvalue weighted by atomic mass is 14.9. The summed E-state index contributed by atoms with van der Waals surface area (Å²) in [6, 6.07) is 15.2. The molecule has 2 N–H and O–H groups in total. The predicted molar refractivity (Wildman–Crippen MR) is 84.8 cm³/mol. The lowest BCUT2D eigenvalue weighted by Crippen LogP contribution is -2.01. The highest BCUT2D eigenvalue weighted by Crippen LogP contribution is 2.20. The minimum Gasteiger partial charge on any atom is -0.343 e. The SMILES string of the molecule is Cc1ccc(C)c(Cn2ccc3ccc(CN)cc32)c1. The minimum absolute atomic E-state index is 0.588. The van der Waals surface area contributed by atoms with Gasteiger partial charge in [0.2, 0.25) is 0 Å². The van der Waals surface area contributed by atoms with E-state index < -0.39 is 0 Å². The lowest BCUT2D eigenvalue weighted by Gasteiger charge is -2.10. The highest BCUT2D eigenvalue weighted by Gasteiger charge is 2.05. The molecule has 0 bridgehead atoms. The van der Waals surface area contributed by atoms with Gasteiger partial charge in [0.1, 0.15) is 0 Å². The van der Waals surface area contributed by atoms with Crippen molar-refractivity contribution in [2.45, 2.75) is 26.9 Å². The van der Waals surface area contributed by atoms with Crippen LogP contribution in [0.25, 0.3) is 10.9 Å². The second-order valence-corrected chi connectivity index (χ2v) is 5.47. The first kappa shape index (κ1) is 12.9. The number of fused-ring (bicyclic) bond motifs is 1. The number of aromatic nitrogens is 1. The monoisotopic (exact) mass is 264 g/mol. The Bertz CT molecular complexity index is 753. The lowest BCUT2D eigenvalue weighted by molar-refractivity contribution is 0.828. The summed E-state index contributed by atoms with van der Waals surface area (Å²) in [4.78, 5) is 0. The molecule has 20 heavy (non-hydrogen) atoms. The summed E-state index contributed by atoms with van der Waals surface area (Å²) >= 11 is 0. The first-order valence-corrected chi connectivity index (χ1v) is 7.01. The van der Waals surface area contributed by atoms with Crippen molar-refractivity contribution in [3.05, 3.63) is 70.9 Å². The fourth-order valence-corrected chi connectivity index (χ4v) is 2.65. The maximum Gasteiger partial charge on any atom is 0.0486 e. The molecule has 0 radical (unpaired) electrons. The Balaban J connectivity index is 2.04. The van der Waals surface area contributed by atoms with Gasteiger partial charge in [-0.05, 0) is 48.1 Å². The molecule has 0 saturated carbocycles. The molecule has 2 heteroatoms. The van der Waals surface area contributed by atoms with E-state index in [0.29, 0.717) is 6.54 Å². The van der Waals surface area contributed by atoms with Crippen LogP contribution in [-0.2, 0) is 13.1 Å². The summed E-state index contributed by atoms with van der Waals surface area (Å²) < 4.78 is 2.30. The Kier molecular flexibility index (Phi) is 3.33. The summed E-state index contributed by atoms with van der Waals surface area (Å²) in [5.74, 6) is 0. The second kappa shape index (κ2) is 5.14. The van der Waals surface area contributed by atoms with E-state index in [-0.39, 0.29) is 0 Å². The van der Waals surface area contributed by atoms with E-state index in [4.69, 9.17) is 5.73 Å². The Morgan fingerprint density at radius 1 is 1.00 bits per heavy atom. The molecule has 0 aliphatic carbocycles. The maximum absolute atomic E-state index is 5.75. The smallest absolute Gasteiger partial charge is 0.0486 e. The average molecular weight is 264 g/mol. The third kappa shape index (κ3) is 2.35. The lowest BCUT2D eigenvalue weighted by atomic mass is 10.1. The van der Waals surface area contributed by atoms with Gasteiger partial charge in [-0.15, -0.1) is 0 Å². The van der Waals surface area contributed by atoms with Crippen LogP contribution in [-0.4, -0.2) is 4.57 Å². The Labute approximate surface area is 119 Å². The van der Waals surface area contributed by atoms with Crippen LogP contribution < -0.4 is 5.73 Å². The van der Waals surface area contributed by atoms with Crippen molar-refractivity contribution in [3.63, 3.8) is 0 Å². The number of aryl methyl sites for hydroxylation is 2. The highest BCUT2D eigenvalue weighted by molar-refractivity contribution is 5.81. The largest absolute Gasteiger partial charge is 0.343 e. The fraction of sp³-hybridized carbons (Fsp3) is 0.222. The normalized spacial score (nSPS) is 11.2. The molecule has 0 spiro atoms. The van der Waals surface area contributed by atoms with Gasteiger partial charge in [0.15, 0.2) is 0 Å². The van der Waals surface area contributed by atoms with Crippen LogP contribution in [0.3, 0.4) is 0 Å². The second-order valence-electron chi connectivity index (χ2n) is 5.47. The first-order valence-electron chi connectivity index (χ1n) is 7.01. The van der Waals surface area contributed by atoms with E-state index in [1.54, 1.807) is 0 Å². The van der Waals surface area contributed by atoms with Crippen LogP contribution >= 0.6 is 0 Å². The molecule has 2 aromatic carbocycles. The van der Waals surface area contributed by atoms with E-state index in [2.05, 4.69) is 67.1 Å². The van der Waals surface area contributed by atoms with Gasteiger partial charge in [-0.3, -0.25) is 0 Å². The van der Waals surface area contributed by atoms with Crippen molar-refractivity contribution < 1.29 is 0 Å². The fourth-order valence-electron chi connectivity index (χ4n) is 2.65. The van der Waals surface area contributed by atoms with Gasteiger partial charge in [-0.25, -0.2) is 0 Å². The number of benzene rings is 2. The van der Waals surface area contributed by atoms with Crippen LogP contribution in [0.15, 0.2) is 48.7 Å². The molecule has 3 rings (SSSR count). The van der Waals surface area contributed by atoms with Crippen molar-refractivity contribution in [1.29, 1.82) is 0 Å². The molecular weight excluding hydrogens is 244 g/mol. The van der Waals surface area contributed by atoms with Crippen molar-refractivity contribution in [2.75, 3.05) is 0 Å². The van der Waals surface area contributed by atoms with E-state index in [9.17, 15) is 0 Å². The van der Waals surface area contributed by atoms with Crippen molar-refractivity contribution in [2.24, 2.45) is 5.73 Å². The Hall–Kier alpha value is -2.06. The summed E-state index contributed by atoms with van der Waals surface area (Å²) in [5.41, 5.74) is 12.2. The van der Waals surface area contributed by atoms with Crippen molar-refractivity contribution in [1.82, 2.24) is 4.57 Å². The number of hydrogen-bond acceptors (Lipinski definition) is 1. The Morgan fingerprint density at radius 2 is 1.85 bits per heavy atom. The first-order chi connectivity index (χ1) is 9.67. The molecule has 0 fully saturated rings. The van der Waals surface area contributed by atoms with Gasteiger partial charge < -0.3 is 10.3 Å². The summed E-state index contributed by atoms with van der Waals surface area (Å²) in [6.45, 7) is 5.81. The summed E-state index contributed by atoms with van der Waals surface area (Å²) in [7, 11) is 0. The molecule has 0 aliphatic heterocycles. The van der Waals surface area contributed by atoms with Crippen LogP contribution in [0.4, 0.5) is 0 Å². The molecular formula is C18H20N2. The van der Waals surface area contributed by atoms with Crippen molar-refractivity contribution >= 4 is 10.9 Å². The van der Waals surface area contributed by atoms with Gasteiger partial charge >= 0.3 is 0 Å². The summed E-state index contributed by atoms with van der Waals surface area (Å²) in [5, 5.41) is 1.27. The molecule has 0 unspecified atom stereocenters. The zero-order valence-corrected chi connectivity index (χ0v) is 12.1.